The highest BCUT2D eigenvalue weighted by Gasteiger charge is 2.24. The van der Waals surface area contributed by atoms with Crippen LogP contribution in [-0.4, -0.2) is 33.6 Å². The van der Waals surface area contributed by atoms with Crippen molar-refractivity contribution >= 4 is 38.5 Å². The average molecular weight is 463 g/mol. The number of amides is 1. The molecule has 1 aromatic heterocycles. The minimum atomic E-state index is -3.89. The summed E-state index contributed by atoms with van der Waals surface area (Å²) in [5, 5.41) is 3.82. The number of rotatable bonds is 7. The molecular weight excluding hydrogens is 440 g/mol. The van der Waals surface area contributed by atoms with Crippen molar-refractivity contribution < 1.29 is 22.4 Å². The van der Waals surface area contributed by atoms with Crippen LogP contribution in [0.25, 0.3) is 11.0 Å². The van der Waals surface area contributed by atoms with E-state index in [1.54, 1.807) is 6.92 Å². The highest BCUT2D eigenvalue weighted by Crippen LogP contribution is 2.26. The van der Waals surface area contributed by atoms with Crippen molar-refractivity contribution in [2.45, 2.75) is 36.8 Å². The van der Waals surface area contributed by atoms with Gasteiger partial charge in [0, 0.05) is 24.1 Å². The molecular formula is C22H23ClN2O5S. The first-order chi connectivity index (χ1) is 14.8. The van der Waals surface area contributed by atoms with Crippen LogP contribution in [0.2, 0.25) is 5.02 Å². The first kappa shape index (κ1) is 21.8. The predicted molar refractivity (Wildman–Crippen MR) is 118 cm³/mol. The molecule has 3 aromatic rings. The van der Waals surface area contributed by atoms with Crippen LogP contribution < -0.4 is 10.0 Å². The van der Waals surface area contributed by atoms with Crippen molar-refractivity contribution in [3.05, 3.63) is 64.9 Å². The fourth-order valence-electron chi connectivity index (χ4n) is 3.50. The lowest BCUT2D eigenvalue weighted by molar-refractivity contribution is 0.0935. The maximum absolute atomic E-state index is 12.8. The molecule has 2 N–H and O–H groups in total. The topological polar surface area (TPSA) is 97.6 Å². The molecule has 1 saturated heterocycles. The summed E-state index contributed by atoms with van der Waals surface area (Å²) >= 11 is 6.13. The van der Waals surface area contributed by atoms with Gasteiger partial charge in [-0.2, -0.15) is 0 Å². The molecule has 2 aromatic carbocycles. The molecule has 1 aliphatic heterocycles. The molecule has 31 heavy (non-hydrogen) atoms. The second-order valence-electron chi connectivity index (χ2n) is 7.51. The van der Waals surface area contributed by atoms with Crippen molar-refractivity contribution in [3.8, 4) is 0 Å². The average Bonchev–Trinajstić information content (AvgIpc) is 3.42. The van der Waals surface area contributed by atoms with Crippen molar-refractivity contribution in [1.29, 1.82) is 0 Å². The normalized spacial score (nSPS) is 17.7. The van der Waals surface area contributed by atoms with E-state index in [-0.39, 0.29) is 28.1 Å². The van der Waals surface area contributed by atoms with Gasteiger partial charge in [-0.05, 0) is 50.1 Å². The van der Waals surface area contributed by atoms with Crippen molar-refractivity contribution in [2.75, 3.05) is 13.2 Å². The number of fused-ring (bicyclic) bond motifs is 1. The molecule has 4 rings (SSSR count). The number of para-hydroxylation sites is 1. The lowest BCUT2D eigenvalue weighted by Crippen LogP contribution is -2.32. The Morgan fingerprint density at radius 3 is 2.77 bits per heavy atom. The third kappa shape index (κ3) is 4.93. The molecule has 0 aliphatic carbocycles. The Labute approximate surface area is 185 Å². The van der Waals surface area contributed by atoms with Crippen LogP contribution in [0, 0.1) is 0 Å². The Hall–Kier alpha value is -2.39. The molecule has 2 heterocycles. The number of ether oxygens (including phenoxy) is 1. The van der Waals surface area contributed by atoms with Crippen LogP contribution in [0.3, 0.4) is 0 Å². The second kappa shape index (κ2) is 9.00. The number of benzene rings is 2. The lowest BCUT2D eigenvalue weighted by Gasteiger charge is -2.14. The largest absolute Gasteiger partial charge is 0.459 e. The number of carbonyl (C=O) groups excluding carboxylic acids is 1. The van der Waals surface area contributed by atoms with Crippen molar-refractivity contribution in [1.82, 2.24) is 10.0 Å². The van der Waals surface area contributed by atoms with E-state index in [1.165, 1.54) is 18.2 Å². The molecule has 0 spiro atoms. The van der Waals surface area contributed by atoms with Crippen LogP contribution in [0.15, 0.2) is 57.8 Å². The molecule has 0 saturated carbocycles. The number of sulfonamides is 1. The highest BCUT2D eigenvalue weighted by molar-refractivity contribution is 7.89. The van der Waals surface area contributed by atoms with E-state index < -0.39 is 22.0 Å². The van der Waals surface area contributed by atoms with Gasteiger partial charge in [-0.15, -0.1) is 0 Å². The summed E-state index contributed by atoms with van der Waals surface area (Å²) in [6.07, 6.45) is 1.56. The molecule has 1 fully saturated rings. The van der Waals surface area contributed by atoms with E-state index in [2.05, 4.69) is 10.0 Å². The monoisotopic (exact) mass is 462 g/mol. The molecule has 0 radical (unpaired) electrons. The minimum absolute atomic E-state index is 0.0433. The number of nitrogens with one attached hydrogen (secondary N) is 2. The zero-order valence-electron chi connectivity index (χ0n) is 16.9. The fraction of sp³-hybridized carbons (Fsp3) is 0.318. The predicted octanol–water partition coefficient (Wildman–Crippen LogP) is 4.03. The van der Waals surface area contributed by atoms with E-state index >= 15 is 0 Å². The first-order valence-corrected chi connectivity index (χ1v) is 11.9. The molecule has 1 aliphatic rings. The van der Waals surface area contributed by atoms with Crippen LogP contribution in [0.1, 0.15) is 41.9 Å². The highest BCUT2D eigenvalue weighted by atomic mass is 35.5. The molecule has 164 valence electrons. The Morgan fingerprint density at radius 1 is 1.23 bits per heavy atom. The number of halogens is 1. The third-order valence-corrected chi connectivity index (χ3v) is 7.13. The maximum atomic E-state index is 12.8. The first-order valence-electron chi connectivity index (χ1n) is 10.0. The summed E-state index contributed by atoms with van der Waals surface area (Å²) in [6.45, 7) is 2.59. The zero-order chi connectivity index (χ0) is 22.0. The summed E-state index contributed by atoms with van der Waals surface area (Å²) in [5.41, 5.74) is 0.917. The zero-order valence-corrected chi connectivity index (χ0v) is 18.5. The summed E-state index contributed by atoms with van der Waals surface area (Å²) in [6, 6.07) is 13.2. The molecule has 2 atom stereocenters. The molecule has 0 unspecified atom stereocenters. The second-order valence-corrected chi connectivity index (χ2v) is 9.66. The van der Waals surface area contributed by atoms with E-state index in [1.807, 2.05) is 30.3 Å². The van der Waals surface area contributed by atoms with Crippen molar-refractivity contribution in [3.63, 3.8) is 0 Å². The number of furan rings is 1. The Kier molecular flexibility index (Phi) is 6.34. The van der Waals surface area contributed by atoms with Gasteiger partial charge in [0.15, 0.2) is 0 Å². The van der Waals surface area contributed by atoms with Gasteiger partial charge in [-0.1, -0.05) is 29.8 Å². The van der Waals surface area contributed by atoms with E-state index in [0.717, 1.165) is 23.8 Å². The Bertz CT molecular complexity index is 1170. The van der Waals surface area contributed by atoms with Crippen LogP contribution in [-0.2, 0) is 14.8 Å². The van der Waals surface area contributed by atoms with E-state index in [0.29, 0.717) is 12.4 Å². The quantitative estimate of drug-likeness (QED) is 0.552. The number of hydrogen-bond donors (Lipinski definition) is 2. The maximum Gasteiger partial charge on any atom is 0.251 e. The molecule has 9 heteroatoms. The number of hydrogen-bond acceptors (Lipinski definition) is 5. The van der Waals surface area contributed by atoms with Gasteiger partial charge < -0.3 is 14.5 Å². The smallest absolute Gasteiger partial charge is 0.251 e. The van der Waals surface area contributed by atoms with Gasteiger partial charge in [0.05, 0.1) is 17.2 Å². The molecule has 1 amide bonds. The van der Waals surface area contributed by atoms with E-state index in [9.17, 15) is 13.2 Å². The molecule has 7 nitrogen and oxygen atoms in total. The van der Waals surface area contributed by atoms with E-state index in [4.69, 9.17) is 20.8 Å². The summed E-state index contributed by atoms with van der Waals surface area (Å²) in [7, 11) is -3.89. The van der Waals surface area contributed by atoms with Crippen molar-refractivity contribution in [2.24, 2.45) is 0 Å². The standard InChI is InChI=1S/C22H23ClN2O5S/c1-14(20-11-15-5-2-3-7-19(15)30-20)25-22(26)16-8-9-18(23)21(12-16)31(27,28)24-13-17-6-4-10-29-17/h2-3,5,7-9,11-12,14,17,24H,4,6,10,13H2,1H3,(H,25,26)/t14-,17+/m0/s1. The van der Waals surface area contributed by atoms with Gasteiger partial charge >= 0.3 is 0 Å². The summed E-state index contributed by atoms with van der Waals surface area (Å²) in [4.78, 5) is 12.6. The van der Waals surface area contributed by atoms with Gasteiger partial charge in [0.1, 0.15) is 16.2 Å². The van der Waals surface area contributed by atoms with Crippen LogP contribution >= 0.6 is 11.6 Å². The SMILES string of the molecule is C[C@H](NC(=O)c1ccc(Cl)c(S(=O)(=O)NC[C@H]2CCCO2)c1)c1cc2ccccc2o1. The third-order valence-electron chi connectivity index (χ3n) is 5.23. The summed E-state index contributed by atoms with van der Waals surface area (Å²) < 4.78 is 39.2. The summed E-state index contributed by atoms with van der Waals surface area (Å²) in [5.74, 6) is 0.176. The van der Waals surface area contributed by atoms with Gasteiger partial charge in [0.25, 0.3) is 5.91 Å². The van der Waals surface area contributed by atoms with Crippen LogP contribution in [0.4, 0.5) is 0 Å². The van der Waals surface area contributed by atoms with Gasteiger partial charge in [-0.25, -0.2) is 13.1 Å². The minimum Gasteiger partial charge on any atom is -0.459 e. The number of carbonyl (C=O) groups is 1. The van der Waals surface area contributed by atoms with Crippen LogP contribution in [0.5, 0.6) is 0 Å². The van der Waals surface area contributed by atoms with Gasteiger partial charge in [-0.3, -0.25) is 4.79 Å². The Balaban J connectivity index is 1.49. The fourth-order valence-corrected chi connectivity index (χ4v) is 5.09. The Morgan fingerprint density at radius 2 is 2.03 bits per heavy atom. The molecule has 0 bridgehead atoms. The van der Waals surface area contributed by atoms with Gasteiger partial charge in [0.2, 0.25) is 10.0 Å². The lowest BCUT2D eigenvalue weighted by atomic mass is 10.1.